The van der Waals surface area contributed by atoms with Crippen LogP contribution in [-0.2, 0) is 6.18 Å². The summed E-state index contributed by atoms with van der Waals surface area (Å²) in [6, 6.07) is 5.96. The van der Waals surface area contributed by atoms with Crippen LogP contribution in [0.4, 0.5) is 18.9 Å². The molecule has 0 bridgehead atoms. The second-order valence-electron chi connectivity index (χ2n) is 4.69. The number of nitro groups is 1. The molecule has 2 aromatic heterocycles. The summed E-state index contributed by atoms with van der Waals surface area (Å²) in [5, 5.41) is 11.1. The number of nitrogens with one attached hydrogen (secondary N) is 1. The Labute approximate surface area is 130 Å². The van der Waals surface area contributed by atoms with Crippen LogP contribution in [0.15, 0.2) is 41.3 Å². The first-order chi connectivity index (χ1) is 10.8. The topological polar surface area (TPSA) is 76.0 Å². The molecule has 0 saturated carbocycles. The highest BCUT2D eigenvalue weighted by Gasteiger charge is 2.30. The van der Waals surface area contributed by atoms with Crippen molar-refractivity contribution in [2.24, 2.45) is 0 Å². The molecule has 23 heavy (non-hydrogen) atoms. The van der Waals surface area contributed by atoms with Crippen molar-refractivity contribution in [2.75, 3.05) is 0 Å². The number of hydrogen-bond acceptors (Lipinski definition) is 4. The average Bonchev–Trinajstić information content (AvgIpc) is 2.92. The first kappa shape index (κ1) is 15.2. The van der Waals surface area contributed by atoms with Gasteiger partial charge in [0.25, 0.3) is 5.56 Å². The minimum Gasteiger partial charge on any atom is -0.322 e. The van der Waals surface area contributed by atoms with Crippen LogP contribution in [0.3, 0.4) is 0 Å². The van der Waals surface area contributed by atoms with Crippen molar-refractivity contribution in [1.29, 1.82) is 0 Å². The zero-order valence-corrected chi connectivity index (χ0v) is 12.0. The third-order valence-electron chi connectivity index (χ3n) is 3.22. The lowest BCUT2D eigenvalue weighted by atomic mass is 10.1. The molecular formula is C14H7F3N2O3S. The van der Waals surface area contributed by atoms with E-state index in [1.807, 2.05) is 0 Å². The molecule has 0 unspecified atom stereocenters. The van der Waals surface area contributed by atoms with Gasteiger partial charge in [-0.1, -0.05) is 12.1 Å². The van der Waals surface area contributed by atoms with E-state index in [0.717, 1.165) is 29.7 Å². The number of nitrogens with zero attached hydrogens (tertiary/aromatic N) is 1. The van der Waals surface area contributed by atoms with Crippen molar-refractivity contribution >= 4 is 27.1 Å². The number of fused-ring (bicyclic) bond motifs is 1. The maximum Gasteiger partial charge on any atom is 0.416 e. The van der Waals surface area contributed by atoms with Crippen molar-refractivity contribution in [3.8, 4) is 10.4 Å². The second kappa shape index (κ2) is 5.20. The zero-order chi connectivity index (χ0) is 16.8. The first-order valence-electron chi connectivity index (χ1n) is 6.24. The smallest absolute Gasteiger partial charge is 0.322 e. The summed E-state index contributed by atoms with van der Waals surface area (Å²) >= 11 is 0.910. The van der Waals surface area contributed by atoms with Crippen LogP contribution in [0.5, 0.6) is 0 Å². The minimum atomic E-state index is -4.49. The molecule has 0 atom stereocenters. The Kier molecular flexibility index (Phi) is 3.44. The van der Waals surface area contributed by atoms with Crippen LogP contribution in [0.1, 0.15) is 5.56 Å². The second-order valence-corrected chi connectivity index (χ2v) is 5.74. The Balaban J connectivity index is 2.22. The van der Waals surface area contributed by atoms with Crippen molar-refractivity contribution in [3.05, 3.63) is 62.6 Å². The predicted molar refractivity (Wildman–Crippen MR) is 79.5 cm³/mol. The molecule has 0 fully saturated rings. The van der Waals surface area contributed by atoms with Gasteiger partial charge in [-0.2, -0.15) is 13.2 Å². The summed E-state index contributed by atoms with van der Waals surface area (Å²) in [5.41, 5.74) is -1.39. The van der Waals surface area contributed by atoms with Gasteiger partial charge in [0.2, 0.25) is 0 Å². The molecule has 0 radical (unpaired) electrons. The SMILES string of the molecule is O=c1[nH]cc([N+](=O)[O-])c2sc(-c3cccc(C(F)(F)F)c3)cc12. The van der Waals surface area contributed by atoms with E-state index in [2.05, 4.69) is 4.98 Å². The van der Waals surface area contributed by atoms with Crippen molar-refractivity contribution in [1.82, 2.24) is 4.98 Å². The molecule has 118 valence electrons. The summed E-state index contributed by atoms with van der Waals surface area (Å²) < 4.78 is 38.5. The van der Waals surface area contributed by atoms with Crippen molar-refractivity contribution in [3.63, 3.8) is 0 Å². The van der Waals surface area contributed by atoms with E-state index in [9.17, 15) is 28.1 Å². The molecule has 0 spiro atoms. The van der Waals surface area contributed by atoms with Gasteiger partial charge in [-0.25, -0.2) is 0 Å². The third kappa shape index (κ3) is 2.70. The monoisotopic (exact) mass is 340 g/mol. The molecule has 0 aliphatic heterocycles. The van der Waals surface area contributed by atoms with Gasteiger partial charge in [0, 0.05) is 4.88 Å². The maximum atomic E-state index is 12.8. The molecule has 0 aliphatic rings. The van der Waals surface area contributed by atoms with E-state index in [1.165, 1.54) is 18.2 Å². The number of thiophene rings is 1. The molecule has 3 aromatic rings. The highest BCUT2D eigenvalue weighted by molar-refractivity contribution is 7.22. The number of H-pyrrole nitrogens is 1. The predicted octanol–water partition coefficient (Wildman–Crippen LogP) is 4.18. The van der Waals surface area contributed by atoms with Crippen LogP contribution >= 0.6 is 11.3 Å². The fourth-order valence-electron chi connectivity index (χ4n) is 2.15. The van der Waals surface area contributed by atoms with Gasteiger partial charge in [-0.05, 0) is 23.8 Å². The van der Waals surface area contributed by atoms with E-state index >= 15 is 0 Å². The Morgan fingerprint density at radius 3 is 2.61 bits per heavy atom. The summed E-state index contributed by atoms with van der Waals surface area (Å²) in [6.45, 7) is 0. The number of rotatable bonds is 2. The van der Waals surface area contributed by atoms with Crippen molar-refractivity contribution < 1.29 is 18.1 Å². The van der Waals surface area contributed by atoms with Gasteiger partial charge < -0.3 is 4.98 Å². The molecule has 1 aromatic carbocycles. The molecule has 1 N–H and O–H groups in total. The Hall–Kier alpha value is -2.68. The average molecular weight is 340 g/mol. The number of aromatic amines is 1. The lowest BCUT2D eigenvalue weighted by Gasteiger charge is -2.07. The van der Waals surface area contributed by atoms with Gasteiger partial charge in [0.15, 0.2) is 0 Å². The Bertz CT molecular complexity index is 975. The normalized spacial score (nSPS) is 11.8. The number of benzene rings is 1. The van der Waals surface area contributed by atoms with E-state index in [0.29, 0.717) is 4.88 Å². The summed E-state index contributed by atoms with van der Waals surface area (Å²) in [5.74, 6) is 0. The Morgan fingerprint density at radius 1 is 1.22 bits per heavy atom. The molecule has 0 saturated heterocycles. The molecular weight excluding hydrogens is 333 g/mol. The lowest BCUT2D eigenvalue weighted by Crippen LogP contribution is -2.05. The van der Waals surface area contributed by atoms with E-state index < -0.39 is 22.2 Å². The standard InChI is InChI=1S/C14H7F3N2O3S/c15-14(16,17)8-3-1-2-7(4-8)11-5-9-12(23-11)10(19(21)22)6-18-13(9)20/h1-6H,(H,18,20). The van der Waals surface area contributed by atoms with Crippen LogP contribution in [-0.4, -0.2) is 9.91 Å². The molecule has 2 heterocycles. The van der Waals surface area contributed by atoms with E-state index in [1.54, 1.807) is 0 Å². The highest BCUT2D eigenvalue weighted by atomic mass is 32.1. The van der Waals surface area contributed by atoms with E-state index in [-0.39, 0.29) is 21.3 Å². The number of hydrogen-bond donors (Lipinski definition) is 1. The van der Waals surface area contributed by atoms with Gasteiger partial charge >= 0.3 is 11.9 Å². The first-order valence-corrected chi connectivity index (χ1v) is 7.06. The molecule has 0 amide bonds. The largest absolute Gasteiger partial charge is 0.416 e. The van der Waals surface area contributed by atoms with Gasteiger partial charge in [0.05, 0.1) is 22.1 Å². The number of halogens is 3. The Morgan fingerprint density at radius 2 is 1.96 bits per heavy atom. The molecule has 5 nitrogen and oxygen atoms in total. The fourth-order valence-corrected chi connectivity index (χ4v) is 3.29. The van der Waals surface area contributed by atoms with Crippen LogP contribution in [0.2, 0.25) is 0 Å². The number of pyridine rings is 1. The quantitative estimate of drug-likeness (QED) is 0.561. The number of alkyl halides is 3. The molecule has 3 rings (SSSR count). The maximum absolute atomic E-state index is 12.8. The van der Waals surface area contributed by atoms with Gasteiger partial charge in [-0.15, -0.1) is 11.3 Å². The van der Waals surface area contributed by atoms with Crippen molar-refractivity contribution in [2.45, 2.75) is 6.18 Å². The minimum absolute atomic E-state index is 0.0802. The molecule has 0 aliphatic carbocycles. The highest BCUT2D eigenvalue weighted by Crippen LogP contribution is 2.38. The summed E-state index contributed by atoms with van der Waals surface area (Å²) in [4.78, 5) is 24.7. The van der Waals surface area contributed by atoms with Gasteiger partial charge in [-0.3, -0.25) is 14.9 Å². The third-order valence-corrected chi connectivity index (χ3v) is 4.43. The zero-order valence-electron chi connectivity index (χ0n) is 11.2. The summed E-state index contributed by atoms with van der Waals surface area (Å²) in [7, 11) is 0. The lowest BCUT2D eigenvalue weighted by molar-refractivity contribution is -0.383. The fraction of sp³-hybridized carbons (Fsp3) is 0.0714. The number of aromatic nitrogens is 1. The van der Waals surface area contributed by atoms with Crippen LogP contribution in [0.25, 0.3) is 20.5 Å². The summed E-state index contributed by atoms with van der Waals surface area (Å²) in [6.07, 6.45) is -3.51. The van der Waals surface area contributed by atoms with E-state index in [4.69, 9.17) is 0 Å². The van der Waals surface area contributed by atoms with Crippen LogP contribution < -0.4 is 5.56 Å². The molecule has 9 heteroatoms. The van der Waals surface area contributed by atoms with Gasteiger partial charge in [0.1, 0.15) is 4.70 Å². The van der Waals surface area contributed by atoms with Crippen LogP contribution in [0, 0.1) is 10.1 Å².